The Morgan fingerprint density at radius 1 is 1.44 bits per heavy atom. The molecule has 1 fully saturated rings. The summed E-state index contributed by atoms with van der Waals surface area (Å²) in [5, 5.41) is 11.3. The molecule has 1 aliphatic rings. The predicted octanol–water partition coefficient (Wildman–Crippen LogP) is -1.46. The van der Waals surface area contributed by atoms with Crippen LogP contribution >= 0.6 is 0 Å². The molecule has 18 heavy (non-hydrogen) atoms. The summed E-state index contributed by atoms with van der Waals surface area (Å²) >= 11 is 0. The van der Waals surface area contributed by atoms with E-state index >= 15 is 0 Å². The molecule has 8 heteroatoms. The number of morpholine rings is 1. The lowest BCUT2D eigenvalue weighted by Crippen LogP contribution is -2.43. The van der Waals surface area contributed by atoms with Crippen molar-refractivity contribution in [1.29, 1.82) is 0 Å². The van der Waals surface area contributed by atoms with Crippen LogP contribution in [0.25, 0.3) is 0 Å². The van der Waals surface area contributed by atoms with Crippen molar-refractivity contribution < 1.29 is 23.1 Å². The summed E-state index contributed by atoms with van der Waals surface area (Å²) < 4.78 is 30.2. The third kappa shape index (κ3) is 4.89. The Kier molecular flexibility index (Phi) is 6.00. The second-order valence-electron chi connectivity index (χ2n) is 4.23. The molecule has 0 radical (unpaired) electrons. The van der Waals surface area contributed by atoms with Gasteiger partial charge in [0.1, 0.15) is 0 Å². The van der Waals surface area contributed by atoms with Gasteiger partial charge in [0.2, 0.25) is 15.9 Å². The van der Waals surface area contributed by atoms with Crippen LogP contribution in [0.3, 0.4) is 0 Å². The van der Waals surface area contributed by atoms with Gasteiger partial charge in [0, 0.05) is 25.6 Å². The molecule has 1 amide bonds. The van der Waals surface area contributed by atoms with Crippen LogP contribution in [0.1, 0.15) is 13.3 Å². The van der Waals surface area contributed by atoms with Crippen molar-refractivity contribution in [2.24, 2.45) is 0 Å². The van der Waals surface area contributed by atoms with Crippen LogP contribution in [0.4, 0.5) is 0 Å². The molecule has 1 rings (SSSR count). The van der Waals surface area contributed by atoms with E-state index in [1.165, 1.54) is 4.31 Å². The van der Waals surface area contributed by atoms with Crippen LogP contribution in [0.5, 0.6) is 0 Å². The number of aliphatic hydroxyl groups is 1. The maximum Gasteiger partial charge on any atom is 0.221 e. The number of amides is 1. The number of aliphatic hydroxyl groups excluding tert-OH is 1. The predicted molar refractivity (Wildman–Crippen MR) is 65.5 cm³/mol. The maximum absolute atomic E-state index is 11.9. The van der Waals surface area contributed by atoms with Gasteiger partial charge in [-0.05, 0) is 6.92 Å². The first-order valence-corrected chi connectivity index (χ1v) is 7.52. The molecule has 0 aromatic heterocycles. The summed E-state index contributed by atoms with van der Waals surface area (Å²) in [5.41, 5.74) is 0. The summed E-state index contributed by atoms with van der Waals surface area (Å²) in [5.74, 6) is -0.579. The standard InChI is InChI=1S/C10H20N2O5S/c1-9(8-13)11-10(14)2-7-18(15,16)12-3-5-17-6-4-12/h9,13H,2-8H2,1H3,(H,11,14)/t9-/m0/s1. The van der Waals surface area contributed by atoms with Crippen molar-refractivity contribution in [2.45, 2.75) is 19.4 Å². The van der Waals surface area contributed by atoms with E-state index in [1.807, 2.05) is 0 Å². The zero-order valence-corrected chi connectivity index (χ0v) is 11.3. The molecule has 1 atom stereocenters. The lowest BCUT2D eigenvalue weighted by Gasteiger charge is -2.25. The fourth-order valence-corrected chi connectivity index (χ4v) is 2.98. The molecule has 1 heterocycles. The fraction of sp³-hybridized carbons (Fsp3) is 0.900. The lowest BCUT2D eigenvalue weighted by atomic mass is 10.3. The average molecular weight is 280 g/mol. The molecular formula is C10H20N2O5S. The Hall–Kier alpha value is -0.700. The number of carbonyl (C=O) groups excluding carboxylic acids is 1. The van der Waals surface area contributed by atoms with Crippen LogP contribution < -0.4 is 5.32 Å². The Morgan fingerprint density at radius 2 is 2.06 bits per heavy atom. The molecular weight excluding hydrogens is 260 g/mol. The van der Waals surface area contributed by atoms with Crippen molar-refractivity contribution in [3.05, 3.63) is 0 Å². The van der Waals surface area contributed by atoms with Crippen LogP contribution in [0.15, 0.2) is 0 Å². The molecule has 0 unspecified atom stereocenters. The van der Waals surface area contributed by atoms with Crippen LogP contribution in [0.2, 0.25) is 0 Å². The molecule has 106 valence electrons. The molecule has 2 N–H and O–H groups in total. The summed E-state index contributed by atoms with van der Waals surface area (Å²) in [6.07, 6.45) is -0.0932. The number of ether oxygens (including phenoxy) is 1. The Morgan fingerprint density at radius 3 is 2.61 bits per heavy atom. The van der Waals surface area contributed by atoms with E-state index in [-0.39, 0.29) is 30.7 Å². The van der Waals surface area contributed by atoms with Crippen LogP contribution in [0, 0.1) is 0 Å². The Balaban J connectivity index is 2.39. The highest BCUT2D eigenvalue weighted by Crippen LogP contribution is 2.06. The number of nitrogens with one attached hydrogen (secondary N) is 1. The van der Waals surface area contributed by atoms with E-state index in [9.17, 15) is 13.2 Å². The number of hydrogen-bond acceptors (Lipinski definition) is 5. The van der Waals surface area contributed by atoms with Crippen molar-refractivity contribution in [2.75, 3.05) is 38.7 Å². The molecule has 0 aromatic rings. The second-order valence-corrected chi connectivity index (χ2v) is 6.32. The molecule has 0 spiro atoms. The minimum atomic E-state index is -3.39. The third-order valence-corrected chi connectivity index (χ3v) is 4.50. The summed E-state index contributed by atoms with van der Waals surface area (Å²) in [6, 6.07) is -0.358. The van der Waals surface area contributed by atoms with Crippen molar-refractivity contribution in [1.82, 2.24) is 9.62 Å². The lowest BCUT2D eigenvalue weighted by molar-refractivity contribution is -0.121. The van der Waals surface area contributed by atoms with Gasteiger partial charge in [-0.25, -0.2) is 8.42 Å². The van der Waals surface area contributed by atoms with Crippen molar-refractivity contribution in [3.63, 3.8) is 0 Å². The second kappa shape index (κ2) is 7.03. The van der Waals surface area contributed by atoms with E-state index in [4.69, 9.17) is 9.84 Å². The number of hydrogen-bond donors (Lipinski definition) is 2. The molecule has 0 saturated carbocycles. The first kappa shape index (κ1) is 15.4. The van der Waals surface area contributed by atoms with E-state index in [1.54, 1.807) is 6.92 Å². The number of rotatable bonds is 6. The topological polar surface area (TPSA) is 95.9 Å². The van der Waals surface area contributed by atoms with E-state index in [2.05, 4.69) is 5.32 Å². The van der Waals surface area contributed by atoms with Gasteiger partial charge < -0.3 is 15.2 Å². The van der Waals surface area contributed by atoms with E-state index < -0.39 is 10.0 Å². The molecule has 0 bridgehead atoms. The minimum Gasteiger partial charge on any atom is -0.394 e. The van der Waals surface area contributed by atoms with Gasteiger partial charge in [-0.1, -0.05) is 0 Å². The smallest absolute Gasteiger partial charge is 0.221 e. The maximum atomic E-state index is 11.9. The van der Waals surface area contributed by atoms with Gasteiger partial charge >= 0.3 is 0 Å². The average Bonchev–Trinajstić information content (AvgIpc) is 2.37. The summed E-state index contributed by atoms with van der Waals surface area (Å²) in [4.78, 5) is 11.4. The zero-order valence-electron chi connectivity index (χ0n) is 10.5. The molecule has 0 aliphatic carbocycles. The van der Waals surface area contributed by atoms with Gasteiger partial charge in [-0.3, -0.25) is 4.79 Å². The fourth-order valence-electron chi connectivity index (χ4n) is 1.57. The summed E-state index contributed by atoms with van der Waals surface area (Å²) in [6.45, 7) is 2.96. The Bertz CT molecular complexity index is 364. The third-order valence-electron chi connectivity index (χ3n) is 2.63. The van der Waals surface area contributed by atoms with Gasteiger partial charge in [-0.2, -0.15) is 4.31 Å². The molecule has 1 saturated heterocycles. The highest BCUT2D eigenvalue weighted by atomic mass is 32.2. The van der Waals surface area contributed by atoms with Crippen molar-refractivity contribution >= 4 is 15.9 Å². The first-order valence-electron chi connectivity index (χ1n) is 5.91. The van der Waals surface area contributed by atoms with Crippen molar-refractivity contribution in [3.8, 4) is 0 Å². The van der Waals surface area contributed by atoms with Crippen LogP contribution in [-0.2, 0) is 19.6 Å². The Labute approximate surface area is 107 Å². The SMILES string of the molecule is C[C@@H](CO)NC(=O)CCS(=O)(=O)N1CCOCC1. The summed E-state index contributed by atoms with van der Waals surface area (Å²) in [7, 11) is -3.39. The van der Waals surface area contributed by atoms with Gasteiger partial charge in [0.25, 0.3) is 0 Å². The highest BCUT2D eigenvalue weighted by Gasteiger charge is 2.24. The zero-order chi connectivity index (χ0) is 13.6. The normalized spacial score (nSPS) is 19.4. The van der Waals surface area contributed by atoms with E-state index in [0.717, 1.165) is 0 Å². The molecule has 7 nitrogen and oxygen atoms in total. The van der Waals surface area contributed by atoms with Crippen LogP contribution in [-0.4, -0.2) is 68.4 Å². The number of sulfonamides is 1. The minimum absolute atomic E-state index is 0.0932. The quantitative estimate of drug-likeness (QED) is 0.619. The monoisotopic (exact) mass is 280 g/mol. The van der Waals surface area contributed by atoms with Gasteiger partial charge in [0.15, 0.2) is 0 Å². The number of nitrogens with zero attached hydrogens (tertiary/aromatic N) is 1. The van der Waals surface area contributed by atoms with E-state index in [0.29, 0.717) is 26.3 Å². The largest absolute Gasteiger partial charge is 0.394 e. The molecule has 0 aromatic carbocycles. The first-order chi connectivity index (χ1) is 8.45. The van der Waals surface area contributed by atoms with Gasteiger partial charge in [0.05, 0.1) is 25.6 Å². The molecule has 1 aliphatic heterocycles. The highest BCUT2D eigenvalue weighted by molar-refractivity contribution is 7.89. The van der Waals surface area contributed by atoms with Gasteiger partial charge in [-0.15, -0.1) is 0 Å². The number of carbonyl (C=O) groups is 1.